The number of nitrogens with two attached hydrogens (primary N) is 1. The summed E-state index contributed by atoms with van der Waals surface area (Å²) >= 11 is 0. The number of carbonyl (C=O) groups is 2. The maximum Gasteiger partial charge on any atom is 0.246 e. The molecule has 3 heterocycles. The Morgan fingerprint density at radius 3 is 2.47 bits per heavy atom. The third kappa shape index (κ3) is 5.25. The number of aromatic nitrogens is 1. The Labute approximate surface area is 224 Å². The number of rotatable bonds is 7. The molecule has 3 atom stereocenters. The first kappa shape index (κ1) is 26.2. The van der Waals surface area contributed by atoms with E-state index in [0.29, 0.717) is 43.9 Å². The van der Waals surface area contributed by atoms with Gasteiger partial charge in [-0.15, -0.1) is 0 Å². The van der Waals surface area contributed by atoms with Gasteiger partial charge in [-0.3, -0.25) is 14.6 Å². The van der Waals surface area contributed by atoms with Gasteiger partial charge in [-0.1, -0.05) is 18.9 Å². The number of hydrogen-bond donors (Lipinski definition) is 1. The third-order valence-electron chi connectivity index (χ3n) is 8.17. The summed E-state index contributed by atoms with van der Waals surface area (Å²) in [7, 11) is 3.25. The van der Waals surface area contributed by atoms with Crippen LogP contribution in [0.25, 0.3) is 0 Å². The Bertz CT molecular complexity index is 1180. The molecule has 3 aliphatic rings. The van der Waals surface area contributed by atoms with E-state index in [1.165, 1.54) is 0 Å². The van der Waals surface area contributed by atoms with Gasteiger partial charge in [0.1, 0.15) is 0 Å². The largest absolute Gasteiger partial charge is 0.493 e. The van der Waals surface area contributed by atoms with Crippen molar-refractivity contribution in [1.82, 2.24) is 14.9 Å². The van der Waals surface area contributed by atoms with E-state index >= 15 is 0 Å². The highest BCUT2D eigenvalue weighted by atomic mass is 16.5. The lowest BCUT2D eigenvalue weighted by Crippen LogP contribution is -2.54. The van der Waals surface area contributed by atoms with E-state index in [-0.39, 0.29) is 29.7 Å². The van der Waals surface area contributed by atoms with Crippen molar-refractivity contribution in [1.29, 1.82) is 0 Å². The van der Waals surface area contributed by atoms with E-state index in [0.717, 1.165) is 42.5 Å². The van der Waals surface area contributed by atoms with Crippen molar-refractivity contribution < 1.29 is 19.1 Å². The summed E-state index contributed by atoms with van der Waals surface area (Å²) in [5.41, 5.74) is 9.12. The summed E-state index contributed by atoms with van der Waals surface area (Å²) in [5.74, 6) is 1.43. The van der Waals surface area contributed by atoms with E-state index in [1.54, 1.807) is 31.6 Å². The molecule has 202 valence electrons. The summed E-state index contributed by atoms with van der Waals surface area (Å²) in [6, 6.07) is 8.99. The molecular formula is C29H37N5O4. The molecule has 0 spiro atoms. The predicted molar refractivity (Wildman–Crippen MR) is 144 cm³/mol. The smallest absolute Gasteiger partial charge is 0.246 e. The second-order valence-corrected chi connectivity index (χ2v) is 10.5. The number of amides is 2. The zero-order valence-corrected chi connectivity index (χ0v) is 22.2. The van der Waals surface area contributed by atoms with Crippen LogP contribution in [0.5, 0.6) is 11.5 Å². The first-order chi connectivity index (χ1) is 18.5. The lowest BCUT2D eigenvalue weighted by molar-refractivity contribution is -0.143. The van der Waals surface area contributed by atoms with Gasteiger partial charge < -0.3 is 20.1 Å². The fraction of sp³-hybridized carbons (Fsp3) is 0.517. The molecule has 9 heteroatoms. The molecule has 1 saturated carbocycles. The van der Waals surface area contributed by atoms with E-state index in [4.69, 9.17) is 20.3 Å². The summed E-state index contributed by atoms with van der Waals surface area (Å²) in [6.45, 7) is 1.12. The molecule has 5 rings (SSSR count). The number of nitrogens with zero attached hydrogens (tertiary/aromatic N) is 4. The molecule has 0 bridgehead atoms. The standard InChI is InChI=1S/C29H37N5O4/c1-37-25-10-9-20(17-26(25)38-2)27-22-7-3-4-8-23(22)28(35)34(32-27)21-11-14-33(15-12-21)29(36)24(30)16-19-6-5-13-31-18-19/h5-6,9-10,13,17-18,21-24H,3-4,7-8,11-12,14-16,30H2,1-2H3/t22-,23+,24-/m0/s1. The molecule has 1 aromatic heterocycles. The monoisotopic (exact) mass is 519 g/mol. The number of benzene rings is 1. The van der Waals surface area contributed by atoms with E-state index in [2.05, 4.69) is 4.98 Å². The fourth-order valence-electron chi connectivity index (χ4n) is 6.12. The SMILES string of the molecule is COc1ccc(C2=NN(C3CCN(C(=O)[C@@H](N)Cc4cccnc4)CC3)C(=O)[C@@H]3CCCC[C@H]23)cc1OC. The van der Waals surface area contributed by atoms with Crippen LogP contribution in [0.15, 0.2) is 47.8 Å². The number of fused-ring (bicyclic) bond motifs is 1. The minimum Gasteiger partial charge on any atom is -0.493 e. The molecular weight excluding hydrogens is 482 g/mol. The van der Waals surface area contributed by atoms with Crippen LogP contribution in [0, 0.1) is 11.8 Å². The summed E-state index contributed by atoms with van der Waals surface area (Å²) in [4.78, 5) is 32.6. The molecule has 2 N–H and O–H groups in total. The van der Waals surface area contributed by atoms with Gasteiger partial charge in [0, 0.05) is 42.9 Å². The summed E-state index contributed by atoms with van der Waals surface area (Å²) in [5, 5.41) is 6.73. The van der Waals surface area contributed by atoms with Crippen LogP contribution in [0.4, 0.5) is 0 Å². The number of methoxy groups -OCH3 is 2. The fourth-order valence-corrected chi connectivity index (χ4v) is 6.12. The van der Waals surface area contributed by atoms with E-state index in [1.807, 2.05) is 35.2 Å². The van der Waals surface area contributed by atoms with Gasteiger partial charge >= 0.3 is 0 Å². The Morgan fingerprint density at radius 1 is 1.05 bits per heavy atom. The molecule has 2 aromatic rings. The van der Waals surface area contributed by atoms with Gasteiger partial charge in [-0.2, -0.15) is 5.10 Å². The third-order valence-corrected chi connectivity index (χ3v) is 8.17. The number of hydrogen-bond acceptors (Lipinski definition) is 7. The minimum atomic E-state index is -0.606. The highest BCUT2D eigenvalue weighted by Crippen LogP contribution is 2.40. The van der Waals surface area contributed by atoms with Crippen molar-refractivity contribution in [2.45, 2.75) is 57.0 Å². The molecule has 0 radical (unpaired) electrons. The summed E-state index contributed by atoms with van der Waals surface area (Å²) < 4.78 is 11.0. The van der Waals surface area contributed by atoms with Gasteiger partial charge in [0.05, 0.1) is 32.0 Å². The van der Waals surface area contributed by atoms with Crippen molar-refractivity contribution >= 4 is 17.5 Å². The second kappa shape index (κ2) is 11.5. The van der Waals surface area contributed by atoms with Crippen molar-refractivity contribution in [2.75, 3.05) is 27.3 Å². The molecule has 1 aromatic carbocycles. The van der Waals surface area contributed by atoms with E-state index < -0.39 is 6.04 Å². The minimum absolute atomic E-state index is 0.0425. The zero-order valence-electron chi connectivity index (χ0n) is 22.2. The van der Waals surface area contributed by atoms with Crippen LogP contribution in [0.1, 0.15) is 49.7 Å². The Hall–Kier alpha value is -3.46. The number of likely N-dealkylation sites (tertiary alicyclic amines) is 1. The van der Waals surface area contributed by atoms with Crippen LogP contribution in [0.3, 0.4) is 0 Å². The number of piperidine rings is 1. The van der Waals surface area contributed by atoms with Crippen LogP contribution in [-0.4, -0.2) is 71.8 Å². The van der Waals surface area contributed by atoms with Gasteiger partial charge in [-0.05, 0) is 61.9 Å². The van der Waals surface area contributed by atoms with Crippen molar-refractivity contribution in [3.05, 3.63) is 53.9 Å². The first-order valence-corrected chi connectivity index (χ1v) is 13.6. The lowest BCUT2D eigenvalue weighted by Gasteiger charge is -2.43. The first-order valence-electron chi connectivity index (χ1n) is 13.6. The van der Waals surface area contributed by atoms with Crippen LogP contribution in [0.2, 0.25) is 0 Å². The maximum atomic E-state index is 13.7. The van der Waals surface area contributed by atoms with Gasteiger partial charge in [0.15, 0.2) is 11.5 Å². The number of pyridine rings is 1. The Kier molecular flexibility index (Phi) is 7.93. The van der Waals surface area contributed by atoms with Crippen molar-refractivity contribution in [2.24, 2.45) is 22.7 Å². The molecule has 9 nitrogen and oxygen atoms in total. The molecule has 2 amide bonds. The quantitative estimate of drug-likeness (QED) is 0.602. The lowest BCUT2D eigenvalue weighted by atomic mass is 9.73. The van der Waals surface area contributed by atoms with Crippen LogP contribution >= 0.6 is 0 Å². The number of hydrazone groups is 1. The average molecular weight is 520 g/mol. The molecule has 38 heavy (non-hydrogen) atoms. The number of ether oxygens (including phenoxy) is 2. The molecule has 2 fully saturated rings. The Morgan fingerprint density at radius 2 is 1.79 bits per heavy atom. The van der Waals surface area contributed by atoms with Crippen molar-refractivity contribution in [3.63, 3.8) is 0 Å². The van der Waals surface area contributed by atoms with Gasteiger partial charge in [-0.25, -0.2) is 5.01 Å². The van der Waals surface area contributed by atoms with Crippen LogP contribution < -0.4 is 15.2 Å². The zero-order chi connectivity index (χ0) is 26.6. The average Bonchev–Trinajstić information content (AvgIpc) is 2.97. The number of carbonyl (C=O) groups excluding carboxylic acids is 2. The van der Waals surface area contributed by atoms with Crippen LogP contribution in [-0.2, 0) is 16.0 Å². The maximum absolute atomic E-state index is 13.7. The molecule has 1 saturated heterocycles. The van der Waals surface area contributed by atoms with Gasteiger partial charge in [0.25, 0.3) is 0 Å². The highest BCUT2D eigenvalue weighted by Gasteiger charge is 2.44. The second-order valence-electron chi connectivity index (χ2n) is 10.5. The van der Waals surface area contributed by atoms with Crippen molar-refractivity contribution in [3.8, 4) is 11.5 Å². The topological polar surface area (TPSA) is 110 Å². The predicted octanol–water partition coefficient (Wildman–Crippen LogP) is 3.01. The van der Waals surface area contributed by atoms with E-state index in [9.17, 15) is 9.59 Å². The Balaban J connectivity index is 1.32. The molecule has 1 aliphatic carbocycles. The summed E-state index contributed by atoms with van der Waals surface area (Å²) in [6.07, 6.45) is 9.26. The molecule has 2 aliphatic heterocycles. The normalized spacial score (nSPS) is 22.9. The molecule has 0 unspecified atom stereocenters. The van der Waals surface area contributed by atoms with Gasteiger partial charge in [0.2, 0.25) is 11.8 Å². The highest BCUT2D eigenvalue weighted by molar-refractivity contribution is 6.07.